The third kappa shape index (κ3) is 2.13. The lowest BCUT2D eigenvalue weighted by molar-refractivity contribution is 0.0720. The Morgan fingerprint density at radius 2 is 1.95 bits per heavy atom. The molecule has 0 fully saturated rings. The quantitative estimate of drug-likeness (QED) is 0.844. The van der Waals surface area contributed by atoms with Gasteiger partial charge in [0, 0.05) is 25.1 Å². The predicted molar refractivity (Wildman–Crippen MR) is 77.8 cm³/mol. The summed E-state index contributed by atoms with van der Waals surface area (Å²) in [5.41, 5.74) is 1.99. The van der Waals surface area contributed by atoms with Crippen LogP contribution in [0.25, 0.3) is 0 Å². The van der Waals surface area contributed by atoms with E-state index in [0.29, 0.717) is 6.54 Å². The van der Waals surface area contributed by atoms with Gasteiger partial charge < -0.3 is 9.47 Å². The first-order chi connectivity index (χ1) is 10.3. The van der Waals surface area contributed by atoms with Crippen LogP contribution in [0.5, 0.6) is 0 Å². The monoisotopic (exact) mass is 282 g/mol. The summed E-state index contributed by atoms with van der Waals surface area (Å²) in [4.78, 5) is 14.5. The van der Waals surface area contributed by atoms with Gasteiger partial charge in [-0.1, -0.05) is 18.2 Å². The van der Waals surface area contributed by atoms with Crippen molar-refractivity contribution in [1.29, 1.82) is 0 Å². The van der Waals surface area contributed by atoms with E-state index in [9.17, 15) is 4.79 Å². The molecule has 108 valence electrons. The molecule has 0 atom stereocenters. The summed E-state index contributed by atoms with van der Waals surface area (Å²) in [5, 5.41) is 8.57. The Morgan fingerprint density at radius 1 is 1.05 bits per heavy atom. The Morgan fingerprint density at radius 3 is 2.90 bits per heavy atom. The highest BCUT2D eigenvalue weighted by Crippen LogP contribution is 2.21. The molecule has 5 heteroatoms. The molecular formula is C16H18N4O. The Bertz CT molecular complexity index is 691. The number of hydrogen-bond acceptors (Lipinski definition) is 3. The Labute approximate surface area is 123 Å². The summed E-state index contributed by atoms with van der Waals surface area (Å²) in [6.07, 6.45) is 4.29. The van der Waals surface area contributed by atoms with Crippen LogP contribution in [-0.2, 0) is 25.9 Å². The normalized spacial score (nSPS) is 17.5. The Hall–Kier alpha value is -2.17. The van der Waals surface area contributed by atoms with Gasteiger partial charge in [-0.25, -0.2) is 0 Å². The molecule has 0 unspecified atom stereocenters. The standard InChI is InChI=1S/C16H18N4O/c21-16-13-6-2-1-5-12(13)8-10-19(16)11-15-18-17-14-7-3-4-9-20(14)15/h1-2,5-6H,3-4,7-11H2. The Kier molecular flexibility index (Phi) is 2.98. The van der Waals surface area contributed by atoms with Crippen LogP contribution in [0.3, 0.4) is 0 Å². The second-order valence-corrected chi connectivity index (χ2v) is 5.78. The molecule has 2 aromatic rings. The Balaban J connectivity index is 1.59. The first-order valence-electron chi connectivity index (χ1n) is 7.61. The van der Waals surface area contributed by atoms with Crippen molar-refractivity contribution in [2.45, 2.75) is 38.8 Å². The number of benzene rings is 1. The molecule has 0 N–H and O–H groups in total. The minimum atomic E-state index is 0.116. The molecule has 0 saturated carbocycles. The van der Waals surface area contributed by atoms with E-state index >= 15 is 0 Å². The molecule has 2 aliphatic rings. The number of nitrogens with zero attached hydrogens (tertiary/aromatic N) is 4. The smallest absolute Gasteiger partial charge is 0.254 e. The highest BCUT2D eigenvalue weighted by atomic mass is 16.2. The van der Waals surface area contributed by atoms with Gasteiger partial charge in [0.2, 0.25) is 0 Å². The van der Waals surface area contributed by atoms with Gasteiger partial charge in [-0.05, 0) is 30.9 Å². The molecule has 1 aromatic heterocycles. The van der Waals surface area contributed by atoms with E-state index in [1.165, 1.54) is 12.8 Å². The van der Waals surface area contributed by atoms with Crippen molar-refractivity contribution in [3.63, 3.8) is 0 Å². The van der Waals surface area contributed by atoms with E-state index in [2.05, 4.69) is 14.8 Å². The van der Waals surface area contributed by atoms with Gasteiger partial charge in [0.15, 0.2) is 5.82 Å². The average Bonchev–Trinajstić information content (AvgIpc) is 2.94. The number of amides is 1. The van der Waals surface area contributed by atoms with Crippen molar-refractivity contribution >= 4 is 5.91 Å². The largest absolute Gasteiger partial charge is 0.331 e. The van der Waals surface area contributed by atoms with E-state index in [1.807, 2.05) is 29.2 Å². The summed E-state index contributed by atoms with van der Waals surface area (Å²) in [6.45, 7) is 2.31. The van der Waals surface area contributed by atoms with Crippen molar-refractivity contribution in [1.82, 2.24) is 19.7 Å². The van der Waals surface area contributed by atoms with Crippen molar-refractivity contribution in [2.24, 2.45) is 0 Å². The molecule has 0 saturated heterocycles. The summed E-state index contributed by atoms with van der Waals surface area (Å²) in [7, 11) is 0. The predicted octanol–water partition coefficient (Wildman–Crippen LogP) is 1.81. The highest BCUT2D eigenvalue weighted by Gasteiger charge is 2.26. The molecule has 1 aromatic carbocycles. The van der Waals surface area contributed by atoms with Crippen molar-refractivity contribution in [3.05, 3.63) is 47.0 Å². The van der Waals surface area contributed by atoms with E-state index in [-0.39, 0.29) is 5.91 Å². The van der Waals surface area contributed by atoms with Crippen molar-refractivity contribution in [3.8, 4) is 0 Å². The maximum atomic E-state index is 12.6. The number of carbonyl (C=O) groups excluding carboxylic acids is 1. The van der Waals surface area contributed by atoms with Crippen LogP contribution in [0.1, 0.15) is 40.4 Å². The lowest BCUT2D eigenvalue weighted by Crippen LogP contribution is -2.37. The number of hydrogen-bond donors (Lipinski definition) is 0. The lowest BCUT2D eigenvalue weighted by atomic mass is 9.99. The first-order valence-corrected chi connectivity index (χ1v) is 7.61. The van der Waals surface area contributed by atoms with Crippen LogP contribution in [0.4, 0.5) is 0 Å². The van der Waals surface area contributed by atoms with Gasteiger partial charge >= 0.3 is 0 Å². The molecule has 0 radical (unpaired) electrons. The molecule has 3 heterocycles. The fourth-order valence-electron chi connectivity index (χ4n) is 3.28. The molecule has 1 amide bonds. The third-order valence-electron chi connectivity index (χ3n) is 4.45. The van der Waals surface area contributed by atoms with E-state index in [0.717, 1.165) is 48.7 Å². The van der Waals surface area contributed by atoms with Crippen LogP contribution in [0.2, 0.25) is 0 Å². The van der Waals surface area contributed by atoms with E-state index < -0.39 is 0 Å². The zero-order valence-corrected chi connectivity index (χ0v) is 12.0. The second kappa shape index (κ2) is 4.98. The molecule has 0 aliphatic carbocycles. The van der Waals surface area contributed by atoms with Crippen molar-refractivity contribution in [2.75, 3.05) is 6.54 Å². The number of fused-ring (bicyclic) bond motifs is 2. The molecular weight excluding hydrogens is 264 g/mol. The third-order valence-corrected chi connectivity index (χ3v) is 4.45. The van der Waals surface area contributed by atoms with Crippen molar-refractivity contribution < 1.29 is 4.79 Å². The van der Waals surface area contributed by atoms with Crippen LogP contribution in [0, 0.1) is 0 Å². The molecule has 21 heavy (non-hydrogen) atoms. The minimum Gasteiger partial charge on any atom is -0.331 e. The summed E-state index contributed by atoms with van der Waals surface area (Å²) < 4.78 is 2.19. The molecule has 0 bridgehead atoms. The van der Waals surface area contributed by atoms with E-state index in [4.69, 9.17) is 0 Å². The second-order valence-electron chi connectivity index (χ2n) is 5.78. The molecule has 4 rings (SSSR count). The SMILES string of the molecule is O=C1c2ccccc2CCN1Cc1nnc2n1CCCC2. The maximum Gasteiger partial charge on any atom is 0.254 e. The van der Waals surface area contributed by atoms with Crippen LogP contribution >= 0.6 is 0 Å². The first kappa shape index (κ1) is 12.6. The maximum absolute atomic E-state index is 12.6. The van der Waals surface area contributed by atoms with Crippen LogP contribution in [0.15, 0.2) is 24.3 Å². The fourth-order valence-corrected chi connectivity index (χ4v) is 3.28. The van der Waals surface area contributed by atoms with Gasteiger partial charge in [-0.2, -0.15) is 0 Å². The lowest BCUT2D eigenvalue weighted by Gasteiger charge is -2.28. The minimum absolute atomic E-state index is 0.116. The van der Waals surface area contributed by atoms with Gasteiger partial charge in [0.1, 0.15) is 5.82 Å². The zero-order chi connectivity index (χ0) is 14.2. The average molecular weight is 282 g/mol. The summed E-state index contributed by atoms with van der Waals surface area (Å²) >= 11 is 0. The van der Waals surface area contributed by atoms with E-state index in [1.54, 1.807) is 0 Å². The van der Waals surface area contributed by atoms with Gasteiger partial charge in [0.05, 0.1) is 6.54 Å². The highest BCUT2D eigenvalue weighted by molar-refractivity contribution is 5.96. The van der Waals surface area contributed by atoms with Gasteiger partial charge in [-0.3, -0.25) is 4.79 Å². The number of aryl methyl sites for hydroxylation is 1. The fraction of sp³-hybridized carbons (Fsp3) is 0.438. The zero-order valence-electron chi connectivity index (χ0n) is 12.0. The van der Waals surface area contributed by atoms with Crippen LogP contribution in [-0.4, -0.2) is 32.1 Å². The summed E-state index contributed by atoms with van der Waals surface area (Å²) in [6, 6.07) is 7.89. The number of aromatic nitrogens is 3. The number of carbonyl (C=O) groups is 1. The summed E-state index contributed by atoms with van der Waals surface area (Å²) in [5.74, 6) is 2.11. The molecule has 5 nitrogen and oxygen atoms in total. The topological polar surface area (TPSA) is 51.0 Å². The molecule has 2 aliphatic heterocycles. The van der Waals surface area contributed by atoms with Gasteiger partial charge in [-0.15, -0.1) is 10.2 Å². The number of rotatable bonds is 2. The van der Waals surface area contributed by atoms with Crippen LogP contribution < -0.4 is 0 Å². The molecule has 0 spiro atoms. The van der Waals surface area contributed by atoms with Gasteiger partial charge in [0.25, 0.3) is 5.91 Å².